The smallest absolute Gasteiger partial charge is 0.0852 e. The Morgan fingerprint density at radius 2 is 1.91 bits per heavy atom. The molecule has 0 aromatic rings. The maximum Gasteiger partial charge on any atom is 0.0852 e. The fourth-order valence-corrected chi connectivity index (χ4v) is 0.833. The molecule has 0 bridgehead atoms. The summed E-state index contributed by atoms with van der Waals surface area (Å²) in [5.41, 5.74) is 0. The van der Waals surface area contributed by atoms with Crippen molar-refractivity contribution in [2.75, 3.05) is 13.7 Å². The summed E-state index contributed by atoms with van der Waals surface area (Å²) in [6.45, 7) is 1.28. The number of hydrogen-bond acceptors (Lipinski definition) is 4. The van der Waals surface area contributed by atoms with Crippen LogP contribution in [0.1, 0.15) is 13.3 Å². The van der Waals surface area contributed by atoms with Crippen molar-refractivity contribution in [1.29, 1.82) is 0 Å². The van der Waals surface area contributed by atoms with Crippen LogP contribution in [0.2, 0.25) is 0 Å². The zero-order valence-corrected chi connectivity index (χ0v) is 6.90. The van der Waals surface area contributed by atoms with Crippen LogP contribution in [0.5, 0.6) is 0 Å². The van der Waals surface area contributed by atoms with Gasteiger partial charge in [-0.2, -0.15) is 0 Å². The van der Waals surface area contributed by atoms with E-state index in [2.05, 4.69) is 0 Å². The van der Waals surface area contributed by atoms with Gasteiger partial charge in [0.25, 0.3) is 0 Å². The van der Waals surface area contributed by atoms with E-state index in [0.717, 1.165) is 0 Å². The highest BCUT2D eigenvalue weighted by atomic mass is 16.5. The van der Waals surface area contributed by atoms with E-state index in [4.69, 9.17) is 20.1 Å². The van der Waals surface area contributed by atoms with E-state index in [0.29, 0.717) is 0 Å². The molecule has 0 aromatic carbocycles. The van der Waals surface area contributed by atoms with Crippen LogP contribution < -0.4 is 0 Å². The van der Waals surface area contributed by atoms with Gasteiger partial charge in [0.05, 0.1) is 24.9 Å². The molecular weight excluding hydrogens is 148 g/mol. The molecule has 0 spiro atoms. The van der Waals surface area contributed by atoms with Crippen LogP contribution in [0.4, 0.5) is 0 Å². The van der Waals surface area contributed by atoms with Gasteiger partial charge in [0.2, 0.25) is 0 Å². The van der Waals surface area contributed by atoms with E-state index in [-0.39, 0.29) is 13.0 Å². The Morgan fingerprint density at radius 3 is 2.18 bits per heavy atom. The lowest BCUT2D eigenvalue weighted by Crippen LogP contribution is -2.30. The molecule has 4 nitrogen and oxygen atoms in total. The summed E-state index contributed by atoms with van der Waals surface area (Å²) >= 11 is 0. The minimum absolute atomic E-state index is 0.255. The molecule has 68 valence electrons. The first kappa shape index (κ1) is 10.8. The van der Waals surface area contributed by atoms with Gasteiger partial charge in [-0.15, -0.1) is 0 Å². The molecule has 0 rings (SSSR count). The maximum atomic E-state index is 9.04. The number of rotatable bonds is 5. The van der Waals surface area contributed by atoms with Gasteiger partial charge in [-0.05, 0) is 6.92 Å². The zero-order chi connectivity index (χ0) is 8.85. The molecule has 0 aliphatic carbocycles. The second kappa shape index (κ2) is 5.49. The topological polar surface area (TPSA) is 69.9 Å². The third-order valence-electron chi connectivity index (χ3n) is 1.56. The fourth-order valence-electron chi connectivity index (χ4n) is 0.833. The number of aliphatic hydroxyl groups excluding tert-OH is 3. The Bertz CT molecular complexity index is 94.4. The lowest BCUT2D eigenvalue weighted by molar-refractivity contribution is -0.0392. The summed E-state index contributed by atoms with van der Waals surface area (Å²) in [5.74, 6) is 0. The molecule has 3 unspecified atom stereocenters. The molecule has 0 saturated carbocycles. The molecule has 0 fully saturated rings. The Kier molecular flexibility index (Phi) is 5.41. The van der Waals surface area contributed by atoms with E-state index >= 15 is 0 Å². The van der Waals surface area contributed by atoms with Crippen molar-refractivity contribution < 1.29 is 20.1 Å². The second-order valence-electron chi connectivity index (χ2n) is 2.59. The van der Waals surface area contributed by atoms with Crippen molar-refractivity contribution >= 4 is 0 Å². The normalized spacial score (nSPS) is 19.4. The van der Waals surface area contributed by atoms with Crippen LogP contribution in [0.3, 0.4) is 0 Å². The van der Waals surface area contributed by atoms with Gasteiger partial charge in [0.1, 0.15) is 0 Å². The predicted molar refractivity (Wildman–Crippen MR) is 40.2 cm³/mol. The molecule has 0 radical (unpaired) electrons. The van der Waals surface area contributed by atoms with Crippen molar-refractivity contribution in [3.8, 4) is 0 Å². The Morgan fingerprint density at radius 1 is 1.36 bits per heavy atom. The average Bonchev–Trinajstić information content (AvgIpc) is 1.99. The molecule has 4 heteroatoms. The third kappa shape index (κ3) is 4.31. The fraction of sp³-hybridized carbons (Fsp3) is 1.00. The van der Waals surface area contributed by atoms with Crippen molar-refractivity contribution in [3.63, 3.8) is 0 Å². The van der Waals surface area contributed by atoms with E-state index < -0.39 is 18.3 Å². The minimum Gasteiger partial charge on any atom is -0.394 e. The highest BCUT2D eigenvalue weighted by molar-refractivity contribution is 4.68. The number of methoxy groups -OCH3 is 1. The lowest BCUT2D eigenvalue weighted by atomic mass is 10.1. The van der Waals surface area contributed by atoms with Crippen LogP contribution in [-0.2, 0) is 4.74 Å². The molecule has 0 heterocycles. The summed E-state index contributed by atoms with van der Waals surface area (Å²) in [6.07, 6.45) is -1.59. The standard InChI is InChI=1S/C7H16O4/c1-5(9)7(11-2)3-6(10)4-8/h5-10H,3-4H2,1-2H3. The summed E-state index contributed by atoms with van der Waals surface area (Å²) in [4.78, 5) is 0. The first-order chi connectivity index (χ1) is 5.11. The molecule has 11 heavy (non-hydrogen) atoms. The van der Waals surface area contributed by atoms with E-state index in [1.54, 1.807) is 6.92 Å². The minimum atomic E-state index is -0.811. The van der Waals surface area contributed by atoms with Gasteiger partial charge in [-0.25, -0.2) is 0 Å². The monoisotopic (exact) mass is 164 g/mol. The summed E-state index contributed by atoms with van der Waals surface area (Å²) < 4.78 is 4.86. The second-order valence-corrected chi connectivity index (χ2v) is 2.59. The summed E-state index contributed by atoms with van der Waals surface area (Å²) in [7, 11) is 1.46. The molecule has 0 amide bonds. The number of ether oxygens (including phenoxy) is 1. The Balaban J connectivity index is 3.68. The largest absolute Gasteiger partial charge is 0.394 e. The predicted octanol–water partition coefficient (Wildman–Crippen LogP) is -0.875. The highest BCUT2D eigenvalue weighted by Gasteiger charge is 2.17. The summed E-state index contributed by atoms with van der Waals surface area (Å²) in [6, 6.07) is 0. The quantitative estimate of drug-likeness (QED) is 0.494. The van der Waals surface area contributed by atoms with Crippen molar-refractivity contribution in [2.24, 2.45) is 0 Å². The van der Waals surface area contributed by atoms with Crippen molar-refractivity contribution in [3.05, 3.63) is 0 Å². The molecule has 3 atom stereocenters. The van der Waals surface area contributed by atoms with E-state index in [9.17, 15) is 0 Å². The first-order valence-corrected chi connectivity index (χ1v) is 3.61. The number of hydrogen-bond donors (Lipinski definition) is 3. The maximum absolute atomic E-state index is 9.04. The van der Waals surface area contributed by atoms with Gasteiger partial charge < -0.3 is 20.1 Å². The van der Waals surface area contributed by atoms with Crippen LogP contribution >= 0.6 is 0 Å². The van der Waals surface area contributed by atoms with Gasteiger partial charge in [0.15, 0.2) is 0 Å². The molecule has 0 aliphatic rings. The van der Waals surface area contributed by atoms with Gasteiger partial charge >= 0.3 is 0 Å². The van der Waals surface area contributed by atoms with Crippen molar-refractivity contribution in [2.45, 2.75) is 31.7 Å². The molecular formula is C7H16O4. The molecule has 0 aliphatic heterocycles. The van der Waals surface area contributed by atoms with E-state index in [1.807, 2.05) is 0 Å². The summed E-state index contributed by atoms with van der Waals surface area (Å²) in [5, 5.41) is 26.5. The lowest BCUT2D eigenvalue weighted by Gasteiger charge is -2.20. The first-order valence-electron chi connectivity index (χ1n) is 3.61. The van der Waals surface area contributed by atoms with Gasteiger partial charge in [0, 0.05) is 13.5 Å². The van der Waals surface area contributed by atoms with Crippen LogP contribution in [0.15, 0.2) is 0 Å². The third-order valence-corrected chi connectivity index (χ3v) is 1.56. The van der Waals surface area contributed by atoms with E-state index in [1.165, 1.54) is 7.11 Å². The van der Waals surface area contributed by atoms with Crippen molar-refractivity contribution in [1.82, 2.24) is 0 Å². The zero-order valence-electron chi connectivity index (χ0n) is 6.90. The Labute approximate surface area is 66.4 Å². The molecule has 3 N–H and O–H groups in total. The molecule has 0 saturated heterocycles. The number of aliphatic hydroxyl groups is 3. The molecule has 0 aromatic heterocycles. The van der Waals surface area contributed by atoms with Gasteiger partial charge in [-0.1, -0.05) is 0 Å². The van der Waals surface area contributed by atoms with Crippen LogP contribution in [0.25, 0.3) is 0 Å². The van der Waals surface area contributed by atoms with Crippen LogP contribution in [0, 0.1) is 0 Å². The van der Waals surface area contributed by atoms with Gasteiger partial charge in [-0.3, -0.25) is 0 Å². The average molecular weight is 164 g/mol. The SMILES string of the molecule is COC(CC(O)CO)C(C)O. The Hall–Kier alpha value is -0.160. The van der Waals surface area contributed by atoms with Crippen LogP contribution in [-0.4, -0.2) is 47.3 Å². The highest BCUT2D eigenvalue weighted by Crippen LogP contribution is 2.06.